The molecule has 3 aromatic carbocycles. The van der Waals surface area contributed by atoms with Gasteiger partial charge in [0.1, 0.15) is 11.4 Å². The SMILES string of the molecule is O=C(Nc1ccccc1-c1nnc(-c2ccccn2)[nH]1)c1cccc(C(=O)Nc2ccccc2-c2nnc(-c3ccccn3)[nH]2)c1. The van der Waals surface area contributed by atoms with Gasteiger partial charge in [0, 0.05) is 34.6 Å². The van der Waals surface area contributed by atoms with E-state index >= 15 is 0 Å². The number of H-pyrrole nitrogens is 2. The van der Waals surface area contributed by atoms with Crippen LogP contribution in [0.2, 0.25) is 0 Å². The highest BCUT2D eigenvalue weighted by molar-refractivity contribution is 6.10. The lowest BCUT2D eigenvalue weighted by molar-refractivity contribution is 0.102. The van der Waals surface area contributed by atoms with E-state index in [1.54, 1.807) is 42.7 Å². The second-order valence-corrected chi connectivity index (χ2v) is 10.1. The Hall–Kier alpha value is -6.82. The normalized spacial score (nSPS) is 10.8. The lowest BCUT2D eigenvalue weighted by Gasteiger charge is -2.11. The van der Waals surface area contributed by atoms with Crippen LogP contribution >= 0.6 is 0 Å². The van der Waals surface area contributed by atoms with Crippen molar-refractivity contribution in [1.82, 2.24) is 40.3 Å². The molecule has 0 bridgehead atoms. The standard InChI is InChI=1S/C34H24N10O2/c45-33(37-25-14-3-1-12-23(25)29-39-31(43-41-29)27-16-5-7-18-35-27)21-10-9-11-22(20-21)34(46)38-26-15-4-2-13-24(26)30-40-32(44-42-30)28-17-6-8-19-36-28/h1-20H,(H,37,45)(H,38,46)(H,39,41,43)(H,40,42,44). The van der Waals surface area contributed by atoms with Crippen molar-refractivity contribution in [2.45, 2.75) is 0 Å². The van der Waals surface area contributed by atoms with Gasteiger partial charge in [-0.3, -0.25) is 19.6 Å². The maximum atomic E-state index is 13.4. The molecule has 4 heterocycles. The Morgan fingerprint density at radius 3 is 1.37 bits per heavy atom. The van der Waals surface area contributed by atoms with Crippen molar-refractivity contribution in [3.63, 3.8) is 0 Å². The Kier molecular flexibility index (Phi) is 7.56. The Labute approximate surface area is 262 Å². The van der Waals surface area contributed by atoms with Gasteiger partial charge in [0.2, 0.25) is 0 Å². The maximum absolute atomic E-state index is 13.4. The molecule has 0 spiro atoms. The third kappa shape index (κ3) is 5.85. The first-order valence-electron chi connectivity index (χ1n) is 14.2. The summed E-state index contributed by atoms with van der Waals surface area (Å²) in [7, 11) is 0. The van der Waals surface area contributed by atoms with Crippen molar-refractivity contribution in [3.8, 4) is 45.8 Å². The average molecular weight is 605 g/mol. The number of aromatic nitrogens is 8. The van der Waals surface area contributed by atoms with Gasteiger partial charge in [-0.2, -0.15) is 0 Å². The molecule has 222 valence electrons. The van der Waals surface area contributed by atoms with E-state index in [1.165, 1.54) is 6.07 Å². The van der Waals surface area contributed by atoms with E-state index in [0.717, 1.165) is 0 Å². The molecule has 12 nitrogen and oxygen atoms in total. The summed E-state index contributed by atoms with van der Waals surface area (Å²) in [4.78, 5) is 41.7. The Morgan fingerprint density at radius 2 is 0.913 bits per heavy atom. The van der Waals surface area contributed by atoms with Gasteiger partial charge < -0.3 is 20.6 Å². The second kappa shape index (κ2) is 12.4. The molecule has 4 aromatic heterocycles. The summed E-state index contributed by atoms with van der Waals surface area (Å²) < 4.78 is 0. The predicted molar refractivity (Wildman–Crippen MR) is 172 cm³/mol. The summed E-state index contributed by atoms with van der Waals surface area (Å²) in [5.41, 5.74) is 4.25. The molecule has 12 heteroatoms. The lowest BCUT2D eigenvalue weighted by atomic mass is 10.1. The molecule has 0 aliphatic heterocycles. The molecule has 2 amide bonds. The van der Waals surface area contributed by atoms with Crippen LogP contribution in [0.4, 0.5) is 11.4 Å². The number of rotatable bonds is 8. The number of pyridine rings is 2. The van der Waals surface area contributed by atoms with Crippen molar-refractivity contribution >= 4 is 23.2 Å². The van der Waals surface area contributed by atoms with E-state index < -0.39 is 11.8 Å². The molecule has 4 N–H and O–H groups in total. The third-order valence-electron chi connectivity index (χ3n) is 7.04. The summed E-state index contributed by atoms with van der Waals surface area (Å²) >= 11 is 0. The number of carbonyl (C=O) groups excluding carboxylic acids is 2. The van der Waals surface area contributed by atoms with Crippen LogP contribution in [0.25, 0.3) is 45.8 Å². The van der Waals surface area contributed by atoms with Crippen molar-refractivity contribution in [2.75, 3.05) is 10.6 Å². The van der Waals surface area contributed by atoms with Crippen molar-refractivity contribution in [3.05, 3.63) is 133 Å². The highest BCUT2D eigenvalue weighted by Gasteiger charge is 2.17. The van der Waals surface area contributed by atoms with E-state index in [2.05, 4.69) is 51.0 Å². The first kappa shape index (κ1) is 28.0. The van der Waals surface area contributed by atoms with Crippen LogP contribution in [-0.4, -0.2) is 52.1 Å². The van der Waals surface area contributed by atoms with Crippen LogP contribution in [0.15, 0.2) is 122 Å². The molecule has 0 unspecified atom stereocenters. The first-order valence-corrected chi connectivity index (χ1v) is 14.2. The number of para-hydroxylation sites is 2. The number of amides is 2. The van der Waals surface area contributed by atoms with Gasteiger partial charge in [-0.1, -0.05) is 42.5 Å². The van der Waals surface area contributed by atoms with Crippen LogP contribution in [0.5, 0.6) is 0 Å². The fraction of sp³-hybridized carbons (Fsp3) is 0. The van der Waals surface area contributed by atoms with Crippen molar-refractivity contribution < 1.29 is 9.59 Å². The molecule has 7 aromatic rings. The number of anilines is 2. The van der Waals surface area contributed by atoms with Gasteiger partial charge in [0.05, 0.1) is 11.4 Å². The van der Waals surface area contributed by atoms with Gasteiger partial charge in [-0.05, 0) is 66.7 Å². The molecule has 46 heavy (non-hydrogen) atoms. The van der Waals surface area contributed by atoms with Gasteiger partial charge in [0.15, 0.2) is 23.3 Å². The smallest absolute Gasteiger partial charge is 0.255 e. The first-order chi connectivity index (χ1) is 22.6. The molecular formula is C34H24N10O2. The van der Waals surface area contributed by atoms with Crippen LogP contribution < -0.4 is 10.6 Å². The molecule has 0 saturated carbocycles. The summed E-state index contributed by atoms with van der Waals surface area (Å²) in [6.07, 6.45) is 3.35. The highest BCUT2D eigenvalue weighted by Crippen LogP contribution is 2.28. The topological polar surface area (TPSA) is 167 Å². The Bertz CT molecular complexity index is 2010. The van der Waals surface area contributed by atoms with Crippen LogP contribution in [0.3, 0.4) is 0 Å². The quantitative estimate of drug-likeness (QED) is 0.167. The zero-order valence-corrected chi connectivity index (χ0v) is 24.0. The Balaban J connectivity index is 1.09. The number of aromatic amines is 2. The minimum absolute atomic E-state index is 0.303. The number of nitrogens with zero attached hydrogens (tertiary/aromatic N) is 6. The average Bonchev–Trinajstić information content (AvgIpc) is 3.81. The molecule has 0 fully saturated rings. The monoisotopic (exact) mass is 604 g/mol. The van der Waals surface area contributed by atoms with E-state index in [1.807, 2.05) is 72.8 Å². The number of hydrogen-bond donors (Lipinski definition) is 4. The molecule has 0 saturated heterocycles. The molecule has 7 rings (SSSR count). The largest absolute Gasteiger partial charge is 0.321 e. The van der Waals surface area contributed by atoms with Crippen molar-refractivity contribution in [1.29, 1.82) is 0 Å². The number of carbonyl (C=O) groups is 2. The van der Waals surface area contributed by atoms with Crippen molar-refractivity contribution in [2.24, 2.45) is 0 Å². The summed E-state index contributed by atoms with van der Waals surface area (Å²) in [5.74, 6) is 1.18. The second-order valence-electron chi connectivity index (χ2n) is 10.1. The van der Waals surface area contributed by atoms with Crippen LogP contribution in [-0.2, 0) is 0 Å². The zero-order valence-electron chi connectivity index (χ0n) is 24.0. The molecular weight excluding hydrogens is 580 g/mol. The fourth-order valence-corrected chi connectivity index (χ4v) is 4.79. The maximum Gasteiger partial charge on any atom is 0.255 e. The highest BCUT2D eigenvalue weighted by atomic mass is 16.2. The van der Waals surface area contributed by atoms with Gasteiger partial charge in [0.25, 0.3) is 11.8 Å². The number of nitrogens with one attached hydrogen (secondary N) is 4. The molecule has 0 radical (unpaired) electrons. The Morgan fingerprint density at radius 1 is 0.478 bits per heavy atom. The van der Waals surface area contributed by atoms with E-state index in [0.29, 0.717) is 68.3 Å². The van der Waals surface area contributed by atoms with Crippen LogP contribution in [0, 0.1) is 0 Å². The number of benzene rings is 3. The summed E-state index contributed by atoms with van der Waals surface area (Å²) in [5, 5.41) is 22.8. The van der Waals surface area contributed by atoms with E-state index in [-0.39, 0.29) is 0 Å². The number of hydrogen-bond acceptors (Lipinski definition) is 8. The van der Waals surface area contributed by atoms with E-state index in [9.17, 15) is 9.59 Å². The van der Waals surface area contributed by atoms with Gasteiger partial charge in [-0.15, -0.1) is 20.4 Å². The molecule has 0 aliphatic carbocycles. The lowest BCUT2D eigenvalue weighted by Crippen LogP contribution is -2.16. The summed E-state index contributed by atoms with van der Waals surface area (Å²) in [6.45, 7) is 0. The summed E-state index contributed by atoms with van der Waals surface area (Å²) in [6, 6.07) is 32.0. The molecule has 0 aliphatic rings. The van der Waals surface area contributed by atoms with E-state index in [4.69, 9.17) is 0 Å². The minimum Gasteiger partial charge on any atom is -0.321 e. The fourth-order valence-electron chi connectivity index (χ4n) is 4.79. The third-order valence-corrected chi connectivity index (χ3v) is 7.04. The molecule has 0 atom stereocenters. The zero-order chi connectivity index (χ0) is 31.3. The van der Waals surface area contributed by atoms with Crippen LogP contribution in [0.1, 0.15) is 20.7 Å². The van der Waals surface area contributed by atoms with Gasteiger partial charge >= 0.3 is 0 Å². The van der Waals surface area contributed by atoms with Gasteiger partial charge in [-0.25, -0.2) is 0 Å². The predicted octanol–water partition coefficient (Wildman–Crippen LogP) is 5.89. The minimum atomic E-state index is -0.393.